The zero-order valence-electron chi connectivity index (χ0n) is 23.7. The minimum atomic E-state index is -0.660. The molecule has 0 aliphatic rings. The maximum Gasteiger partial charge on any atom is 0.228 e. The summed E-state index contributed by atoms with van der Waals surface area (Å²) in [5, 5.41) is 0. The van der Waals surface area contributed by atoms with Crippen LogP contribution in [-0.2, 0) is 28.6 Å². The molecule has 1 amide bonds. The van der Waals surface area contributed by atoms with Crippen molar-refractivity contribution in [2.75, 3.05) is 33.5 Å². The monoisotopic (exact) mass is 485 g/mol. The number of hydrogen-bond acceptors (Lipinski definition) is 6. The minimum absolute atomic E-state index is 0.0253. The van der Waals surface area contributed by atoms with E-state index in [0.29, 0.717) is 32.5 Å². The zero-order valence-corrected chi connectivity index (χ0v) is 23.7. The molecule has 7 heteroatoms. The van der Waals surface area contributed by atoms with Crippen LogP contribution in [0.5, 0.6) is 0 Å². The van der Waals surface area contributed by atoms with Crippen molar-refractivity contribution in [1.29, 1.82) is 0 Å². The van der Waals surface area contributed by atoms with E-state index in [9.17, 15) is 14.4 Å². The molecule has 0 spiro atoms. The van der Waals surface area contributed by atoms with Gasteiger partial charge in [-0.3, -0.25) is 14.4 Å². The molecule has 0 N–H and O–H groups in total. The van der Waals surface area contributed by atoms with Crippen molar-refractivity contribution >= 4 is 17.5 Å². The molecule has 0 aromatic carbocycles. The average molecular weight is 486 g/mol. The Morgan fingerprint density at radius 2 is 1.18 bits per heavy atom. The number of ketones is 2. The quantitative estimate of drug-likeness (QED) is 0.262. The first-order valence-corrected chi connectivity index (χ1v) is 12.7. The van der Waals surface area contributed by atoms with Gasteiger partial charge in [-0.2, -0.15) is 0 Å². The summed E-state index contributed by atoms with van der Waals surface area (Å²) in [5.74, 6) is 0.225. The second-order valence-corrected chi connectivity index (χ2v) is 11.4. The second kappa shape index (κ2) is 14.9. The van der Waals surface area contributed by atoms with Gasteiger partial charge in [-0.1, -0.05) is 41.5 Å². The second-order valence-electron chi connectivity index (χ2n) is 11.4. The lowest BCUT2D eigenvalue weighted by Gasteiger charge is -2.39. The number of rotatable bonds is 18. The molecule has 0 aliphatic carbocycles. The van der Waals surface area contributed by atoms with Crippen molar-refractivity contribution in [3.63, 3.8) is 0 Å². The van der Waals surface area contributed by atoms with Gasteiger partial charge < -0.3 is 19.1 Å². The summed E-state index contributed by atoms with van der Waals surface area (Å²) in [6.45, 7) is 20.5. The maximum absolute atomic E-state index is 13.5. The fourth-order valence-corrected chi connectivity index (χ4v) is 4.10. The largest absolute Gasteiger partial charge is 0.379 e. The summed E-state index contributed by atoms with van der Waals surface area (Å²) in [4.78, 5) is 38.9. The van der Waals surface area contributed by atoms with E-state index in [2.05, 4.69) is 0 Å². The van der Waals surface area contributed by atoms with Crippen LogP contribution < -0.4 is 0 Å². The van der Waals surface area contributed by atoms with E-state index < -0.39 is 11.0 Å². The lowest BCUT2D eigenvalue weighted by atomic mass is 9.80. The highest BCUT2D eigenvalue weighted by Crippen LogP contribution is 2.33. The molecule has 0 rings (SSSR count). The van der Waals surface area contributed by atoms with E-state index in [1.165, 1.54) is 0 Å². The number of likely N-dealkylation sites (N-methyl/N-ethyl adjacent to an activating group) is 1. The number of amides is 1. The van der Waals surface area contributed by atoms with Crippen molar-refractivity contribution in [3.05, 3.63) is 0 Å². The number of carbonyl (C=O) groups is 3. The molecule has 7 nitrogen and oxygen atoms in total. The minimum Gasteiger partial charge on any atom is -0.379 e. The van der Waals surface area contributed by atoms with E-state index in [4.69, 9.17) is 14.2 Å². The van der Waals surface area contributed by atoms with Crippen LogP contribution in [0.15, 0.2) is 0 Å². The molecule has 0 aromatic rings. The first-order chi connectivity index (χ1) is 15.5. The SMILES string of the molecule is CC(C)OC(C)(C)CC(C)(C)C(=O)N(C)C(COCCC(=O)C(C)C)COCCC(=O)C(C)C. The molecule has 0 bridgehead atoms. The maximum atomic E-state index is 13.5. The Kier molecular flexibility index (Phi) is 14.4. The van der Waals surface area contributed by atoms with Crippen LogP contribution in [0.25, 0.3) is 0 Å². The highest BCUT2D eigenvalue weighted by Gasteiger charge is 2.39. The predicted molar refractivity (Wildman–Crippen MR) is 136 cm³/mol. The summed E-state index contributed by atoms with van der Waals surface area (Å²) in [7, 11) is 1.76. The summed E-state index contributed by atoms with van der Waals surface area (Å²) in [6, 6.07) is -0.329. The molecule has 0 aromatic heterocycles. The highest BCUT2D eigenvalue weighted by molar-refractivity contribution is 5.82. The summed E-state index contributed by atoms with van der Waals surface area (Å²) >= 11 is 0. The summed E-state index contributed by atoms with van der Waals surface area (Å²) in [5.41, 5.74) is -1.11. The number of nitrogens with zero attached hydrogens (tertiary/aromatic N) is 1. The summed E-state index contributed by atoms with van der Waals surface area (Å²) < 4.78 is 17.6. The molecule has 0 heterocycles. The molecule has 200 valence electrons. The Labute approximate surface area is 208 Å². The number of carbonyl (C=O) groups excluding carboxylic acids is 3. The molecule has 0 fully saturated rings. The molecule has 0 unspecified atom stereocenters. The Hall–Kier alpha value is -1.31. The Bertz CT molecular complexity index is 611. The van der Waals surface area contributed by atoms with Gasteiger partial charge in [0, 0.05) is 37.1 Å². The van der Waals surface area contributed by atoms with Crippen LogP contribution in [0, 0.1) is 17.3 Å². The smallest absolute Gasteiger partial charge is 0.228 e. The first-order valence-electron chi connectivity index (χ1n) is 12.7. The standard InChI is InChI=1S/C27H51NO6/c1-19(2)23(29)12-14-32-16-22(17-33-15-13-24(30)20(3)4)28(11)25(31)26(7,8)18-27(9,10)34-21(5)6/h19-22H,12-18H2,1-11H3. The van der Waals surface area contributed by atoms with Crippen LogP contribution in [0.4, 0.5) is 0 Å². The molecule has 0 saturated carbocycles. The molecule has 0 aliphatic heterocycles. The predicted octanol–water partition coefficient (Wildman–Crippen LogP) is 4.70. The Morgan fingerprint density at radius 3 is 1.53 bits per heavy atom. The number of Topliss-reactive ketones (excluding diaryl/α,β-unsaturated/α-hetero) is 2. The van der Waals surface area contributed by atoms with Gasteiger partial charge in [0.25, 0.3) is 0 Å². The van der Waals surface area contributed by atoms with Gasteiger partial charge >= 0.3 is 0 Å². The number of hydrogen-bond donors (Lipinski definition) is 0. The Morgan fingerprint density at radius 1 is 0.765 bits per heavy atom. The Balaban J connectivity index is 5.20. The van der Waals surface area contributed by atoms with Crippen molar-refractivity contribution in [2.24, 2.45) is 17.3 Å². The van der Waals surface area contributed by atoms with Gasteiger partial charge in [0.1, 0.15) is 11.6 Å². The van der Waals surface area contributed by atoms with E-state index >= 15 is 0 Å². The lowest BCUT2D eigenvalue weighted by Crippen LogP contribution is -2.50. The molecule has 0 radical (unpaired) electrons. The van der Waals surface area contributed by atoms with Gasteiger partial charge in [0.15, 0.2) is 0 Å². The van der Waals surface area contributed by atoms with Crippen molar-refractivity contribution in [2.45, 2.75) is 106 Å². The fourth-order valence-electron chi connectivity index (χ4n) is 4.10. The molecular formula is C27H51NO6. The topological polar surface area (TPSA) is 82.1 Å². The molecule has 34 heavy (non-hydrogen) atoms. The average Bonchev–Trinajstić information content (AvgIpc) is 2.68. The normalized spacial score (nSPS) is 12.8. The fraction of sp³-hybridized carbons (Fsp3) is 0.889. The van der Waals surface area contributed by atoms with E-state index in [1.807, 2.05) is 69.2 Å². The third kappa shape index (κ3) is 13.0. The van der Waals surface area contributed by atoms with Crippen molar-refractivity contribution in [1.82, 2.24) is 4.90 Å². The van der Waals surface area contributed by atoms with Crippen LogP contribution >= 0.6 is 0 Å². The third-order valence-corrected chi connectivity index (χ3v) is 5.76. The lowest BCUT2D eigenvalue weighted by molar-refractivity contribution is -0.150. The van der Waals surface area contributed by atoms with Crippen molar-refractivity contribution < 1.29 is 28.6 Å². The van der Waals surface area contributed by atoms with E-state index in [-0.39, 0.29) is 54.7 Å². The van der Waals surface area contributed by atoms with Crippen LogP contribution in [0.2, 0.25) is 0 Å². The molecular weight excluding hydrogens is 434 g/mol. The zero-order chi connectivity index (χ0) is 26.7. The van der Waals surface area contributed by atoms with Gasteiger partial charge in [-0.05, 0) is 34.1 Å². The van der Waals surface area contributed by atoms with E-state index in [0.717, 1.165) is 0 Å². The first kappa shape index (κ1) is 32.7. The van der Waals surface area contributed by atoms with Gasteiger partial charge in [-0.15, -0.1) is 0 Å². The third-order valence-electron chi connectivity index (χ3n) is 5.76. The number of ether oxygens (including phenoxy) is 3. The van der Waals surface area contributed by atoms with Crippen LogP contribution in [-0.4, -0.2) is 73.6 Å². The van der Waals surface area contributed by atoms with Gasteiger partial charge in [-0.25, -0.2) is 0 Å². The van der Waals surface area contributed by atoms with Crippen LogP contribution in [0.3, 0.4) is 0 Å². The molecule has 0 saturated heterocycles. The van der Waals surface area contributed by atoms with Crippen LogP contribution in [0.1, 0.15) is 88.5 Å². The highest BCUT2D eigenvalue weighted by atomic mass is 16.5. The summed E-state index contributed by atoms with van der Waals surface area (Å²) in [6.07, 6.45) is 1.31. The van der Waals surface area contributed by atoms with Crippen molar-refractivity contribution in [3.8, 4) is 0 Å². The van der Waals surface area contributed by atoms with E-state index in [1.54, 1.807) is 11.9 Å². The van der Waals surface area contributed by atoms with Gasteiger partial charge in [0.2, 0.25) is 5.91 Å². The molecule has 0 atom stereocenters. The van der Waals surface area contributed by atoms with Gasteiger partial charge in [0.05, 0.1) is 44.2 Å².